The monoisotopic (exact) mass is 808 g/mol. The van der Waals surface area contributed by atoms with E-state index in [1.807, 2.05) is 13.8 Å². The Morgan fingerprint density at radius 2 is 1.70 bits per heavy atom. The summed E-state index contributed by atoms with van der Waals surface area (Å²) >= 11 is 0. The second-order valence-corrected chi connectivity index (χ2v) is 16.4. The smallest absolute Gasteiger partial charge is 0.464 e. The summed E-state index contributed by atoms with van der Waals surface area (Å²) in [6.45, 7) is 11.9. The number of anilines is 1. The Morgan fingerprint density at radius 3 is 2.27 bits per heavy atom. The molecule has 2 fully saturated rings. The molecule has 20 heteroatoms. The fraction of sp³-hybridized carbons (Fsp3) is 0.694. The minimum atomic E-state index is -4.70. The molecule has 0 bridgehead atoms. The predicted molar refractivity (Wildman–Crippen MR) is 196 cm³/mol. The molecule has 0 unspecified atom stereocenters. The van der Waals surface area contributed by atoms with E-state index in [0.29, 0.717) is 11.9 Å². The van der Waals surface area contributed by atoms with Crippen molar-refractivity contribution in [1.82, 2.24) is 19.7 Å². The molecule has 0 aromatic carbocycles. The Hall–Kier alpha value is -4.34. The lowest BCUT2D eigenvalue weighted by atomic mass is 9.78. The number of nitrogens with one attached hydrogen (secondary N) is 1. The van der Waals surface area contributed by atoms with Crippen LogP contribution in [0.25, 0.3) is 5.52 Å². The summed E-state index contributed by atoms with van der Waals surface area (Å²) in [7, 11) is -4.70. The summed E-state index contributed by atoms with van der Waals surface area (Å²) in [5.74, 6) is -3.34. The molecule has 2 aromatic heterocycles. The van der Waals surface area contributed by atoms with Crippen LogP contribution in [-0.2, 0) is 62.0 Å². The van der Waals surface area contributed by atoms with Crippen molar-refractivity contribution in [2.75, 3.05) is 25.7 Å². The molecular weight excluding hydrogens is 755 g/mol. The lowest BCUT2D eigenvalue weighted by molar-refractivity contribution is -0.173. The van der Waals surface area contributed by atoms with Crippen LogP contribution in [0.4, 0.5) is 10.6 Å². The maximum Gasteiger partial charge on any atom is 0.510 e. The molecule has 3 N–H and O–H groups in total. The highest BCUT2D eigenvalue weighted by atomic mass is 31.2. The number of rotatable bonds is 19. The molecular formula is C36H53N6O13P. The molecule has 4 rings (SSSR count). The summed E-state index contributed by atoms with van der Waals surface area (Å²) < 4.78 is 61.2. The number of hydrogen-bond donors (Lipinski definition) is 2. The Labute approximate surface area is 325 Å². The number of esters is 3. The number of carbonyl (C=O) groups is 4. The van der Waals surface area contributed by atoms with Crippen molar-refractivity contribution in [2.45, 2.75) is 123 Å². The third kappa shape index (κ3) is 9.96. The van der Waals surface area contributed by atoms with Crippen LogP contribution < -0.4 is 10.8 Å². The quantitative estimate of drug-likeness (QED) is 0.0843. The van der Waals surface area contributed by atoms with Crippen molar-refractivity contribution >= 4 is 43.1 Å². The van der Waals surface area contributed by atoms with Crippen LogP contribution in [0.1, 0.15) is 93.2 Å². The first-order valence-corrected chi connectivity index (χ1v) is 20.3. The van der Waals surface area contributed by atoms with Crippen LogP contribution in [0.15, 0.2) is 18.5 Å². The van der Waals surface area contributed by atoms with Crippen molar-refractivity contribution in [3.63, 3.8) is 0 Å². The van der Waals surface area contributed by atoms with Gasteiger partial charge in [0.1, 0.15) is 29.6 Å². The number of nitrogen functional groups attached to an aromatic ring is 1. The predicted octanol–water partition coefficient (Wildman–Crippen LogP) is 4.72. The average Bonchev–Trinajstić information content (AvgIpc) is 3.69. The van der Waals surface area contributed by atoms with E-state index < -0.39 is 92.6 Å². The summed E-state index contributed by atoms with van der Waals surface area (Å²) in [5.41, 5.74) is 2.71. The van der Waals surface area contributed by atoms with E-state index in [4.69, 9.17) is 43.2 Å². The van der Waals surface area contributed by atoms with Crippen molar-refractivity contribution in [1.29, 1.82) is 5.26 Å². The highest BCUT2D eigenvalue weighted by Gasteiger charge is 2.63. The summed E-state index contributed by atoms with van der Waals surface area (Å²) in [6.07, 6.45) is -2.57. The van der Waals surface area contributed by atoms with Gasteiger partial charge in [0.05, 0.1) is 36.8 Å². The van der Waals surface area contributed by atoms with Crippen LogP contribution in [0.3, 0.4) is 0 Å². The zero-order valence-corrected chi connectivity index (χ0v) is 33.9. The van der Waals surface area contributed by atoms with E-state index in [9.17, 15) is 29.0 Å². The van der Waals surface area contributed by atoms with Gasteiger partial charge in [0.2, 0.25) is 12.4 Å². The van der Waals surface area contributed by atoms with E-state index in [1.165, 1.54) is 16.6 Å². The number of fused-ring (bicyclic) bond motifs is 1. The molecule has 0 spiro atoms. The first-order chi connectivity index (χ1) is 26.4. The van der Waals surface area contributed by atoms with Crippen molar-refractivity contribution < 1.29 is 61.2 Å². The zero-order chi connectivity index (χ0) is 41.4. The highest BCUT2D eigenvalue weighted by Crippen LogP contribution is 2.52. The second kappa shape index (κ2) is 18.7. The molecule has 2 aromatic rings. The van der Waals surface area contributed by atoms with Gasteiger partial charge >= 0.3 is 31.8 Å². The maximum absolute atomic E-state index is 14.7. The van der Waals surface area contributed by atoms with Gasteiger partial charge in [0.15, 0.2) is 18.0 Å². The normalized spacial score (nSPS) is 22.7. The van der Waals surface area contributed by atoms with E-state index in [1.54, 1.807) is 41.5 Å². The van der Waals surface area contributed by atoms with Gasteiger partial charge < -0.3 is 34.2 Å². The molecule has 2 aliphatic rings. The third-order valence-electron chi connectivity index (χ3n) is 9.56. The van der Waals surface area contributed by atoms with Crippen LogP contribution in [0, 0.1) is 29.1 Å². The molecule has 1 aliphatic carbocycles. The van der Waals surface area contributed by atoms with Crippen LogP contribution >= 0.6 is 7.75 Å². The van der Waals surface area contributed by atoms with Crippen molar-refractivity contribution in [2.24, 2.45) is 17.8 Å². The van der Waals surface area contributed by atoms with Crippen molar-refractivity contribution in [3.05, 3.63) is 24.2 Å². The van der Waals surface area contributed by atoms with Gasteiger partial charge in [-0.2, -0.15) is 10.4 Å². The fourth-order valence-corrected chi connectivity index (χ4v) is 7.57. The van der Waals surface area contributed by atoms with Gasteiger partial charge in [-0.1, -0.05) is 54.4 Å². The Balaban J connectivity index is 1.74. The SMILES string of the molecule is CCC(CC)COC(=O)C1(N[P@](=O)(OCOC(=O)OC(C)C)OC[C@H]2O[C@@](C#N)(c3ccc4c(N)ncnn34)[C@H](OC(=O)C(C)C)[C@@H]2OC(=O)C(C)C)CCC1. The first-order valence-electron chi connectivity index (χ1n) is 18.7. The second-order valence-electron chi connectivity index (χ2n) is 14.7. The molecule has 1 saturated carbocycles. The molecule has 5 atom stereocenters. The molecule has 1 saturated heterocycles. The molecule has 56 heavy (non-hydrogen) atoms. The lowest BCUT2D eigenvalue weighted by Gasteiger charge is -2.41. The van der Waals surface area contributed by atoms with Gasteiger partial charge in [-0.3, -0.25) is 23.4 Å². The van der Waals surface area contributed by atoms with E-state index in [2.05, 4.69) is 21.2 Å². The molecule has 310 valence electrons. The van der Waals surface area contributed by atoms with E-state index >= 15 is 0 Å². The molecule has 0 radical (unpaired) electrons. The van der Waals surface area contributed by atoms with Gasteiger partial charge in [-0.25, -0.2) is 23.9 Å². The number of ether oxygens (including phenoxy) is 6. The van der Waals surface area contributed by atoms with Gasteiger partial charge in [0, 0.05) is 0 Å². The summed E-state index contributed by atoms with van der Waals surface area (Å²) in [5, 5.41) is 17.9. The number of aromatic nitrogens is 3. The average molecular weight is 809 g/mol. The zero-order valence-electron chi connectivity index (χ0n) is 33.1. The largest absolute Gasteiger partial charge is 0.510 e. The molecule has 3 heterocycles. The van der Waals surface area contributed by atoms with Gasteiger partial charge in [-0.15, -0.1) is 0 Å². The van der Waals surface area contributed by atoms with E-state index in [-0.39, 0.29) is 36.9 Å². The first kappa shape index (κ1) is 44.4. The van der Waals surface area contributed by atoms with Crippen molar-refractivity contribution in [3.8, 4) is 6.07 Å². The van der Waals surface area contributed by atoms with Gasteiger partial charge in [-0.05, 0) is 51.2 Å². The number of hydrogen-bond acceptors (Lipinski definition) is 17. The Morgan fingerprint density at radius 1 is 1.04 bits per heavy atom. The third-order valence-corrected chi connectivity index (χ3v) is 11.2. The number of nitrogens with zero attached hydrogens (tertiary/aromatic N) is 4. The molecule has 0 amide bonds. The Bertz CT molecular complexity index is 1800. The number of nitriles is 1. The number of nitrogens with two attached hydrogens (primary N) is 1. The van der Waals surface area contributed by atoms with Gasteiger partial charge in [0.25, 0.3) is 0 Å². The lowest BCUT2D eigenvalue weighted by Crippen LogP contribution is -2.57. The molecule has 1 aliphatic heterocycles. The highest BCUT2D eigenvalue weighted by molar-refractivity contribution is 7.51. The summed E-state index contributed by atoms with van der Waals surface area (Å²) in [4.78, 5) is 56.1. The standard InChI is InChI=1S/C36H53N6O13P/c1-9-24(10-2)16-48-33(45)35(14-11-15-35)41-56(47,51-20-49-34(46)52-23(7)8)50-17-26-28(53-31(43)21(3)4)29(54-32(44)22(5)6)36(18-37,55-26)27-13-12-25-30(38)39-19-40-42(25)27/h12-13,19,21-24,26,28-29H,9-11,14-17,20H2,1-8H3,(H,41,47)(H2,38,39,40)/t26-,28-,29-,36+,56-/m1/s1. The summed E-state index contributed by atoms with van der Waals surface area (Å²) in [6, 6.07) is 5.10. The van der Waals surface area contributed by atoms with Crippen LogP contribution in [-0.4, -0.2) is 88.6 Å². The molecule has 19 nitrogen and oxygen atoms in total. The fourth-order valence-electron chi connectivity index (χ4n) is 5.99. The minimum absolute atomic E-state index is 0.0435. The topological polar surface area (TPSA) is 251 Å². The number of carbonyl (C=O) groups excluding carboxylic acids is 4. The van der Waals surface area contributed by atoms with Crippen LogP contribution in [0.5, 0.6) is 0 Å². The Kier molecular flexibility index (Phi) is 14.8. The van der Waals surface area contributed by atoms with Crippen LogP contribution in [0.2, 0.25) is 0 Å². The minimum Gasteiger partial charge on any atom is -0.464 e. The van der Waals surface area contributed by atoms with E-state index in [0.717, 1.165) is 19.2 Å². The maximum atomic E-state index is 14.7.